The molecular weight excluding hydrogens is 370 g/mol. The Morgan fingerprint density at radius 1 is 1.21 bits per heavy atom. The Kier molecular flexibility index (Phi) is 4.52. The van der Waals surface area contributed by atoms with Gasteiger partial charge in [0, 0.05) is 55.5 Å². The summed E-state index contributed by atoms with van der Waals surface area (Å²) in [7, 11) is 0. The lowest BCUT2D eigenvalue weighted by molar-refractivity contribution is -0.00652. The van der Waals surface area contributed by atoms with Crippen LogP contribution in [0.25, 0.3) is 0 Å². The molecule has 9 heteroatoms. The van der Waals surface area contributed by atoms with E-state index < -0.39 is 6.09 Å². The van der Waals surface area contributed by atoms with E-state index in [2.05, 4.69) is 36.4 Å². The monoisotopic (exact) mass is 397 g/mol. The van der Waals surface area contributed by atoms with Crippen LogP contribution in [-0.4, -0.2) is 62.4 Å². The Hall–Kier alpha value is -2.84. The van der Waals surface area contributed by atoms with Gasteiger partial charge in [-0.15, -0.1) is 0 Å². The Bertz CT molecular complexity index is 876. The minimum atomic E-state index is -0.811. The molecule has 2 saturated heterocycles. The predicted octanol–water partition coefficient (Wildman–Crippen LogP) is 3.18. The van der Waals surface area contributed by atoms with Crippen LogP contribution >= 0.6 is 0 Å². The number of nitrogens with one attached hydrogen (secondary N) is 2. The van der Waals surface area contributed by atoms with Crippen LogP contribution in [0.3, 0.4) is 0 Å². The van der Waals surface area contributed by atoms with Crippen molar-refractivity contribution in [3.63, 3.8) is 0 Å². The number of amides is 1. The molecule has 1 saturated carbocycles. The van der Waals surface area contributed by atoms with E-state index in [0.717, 1.165) is 37.6 Å². The van der Waals surface area contributed by atoms with Gasteiger partial charge < -0.3 is 20.2 Å². The van der Waals surface area contributed by atoms with Crippen molar-refractivity contribution in [3.05, 3.63) is 24.0 Å². The average Bonchev–Trinajstić information content (AvgIpc) is 3.38. The molecule has 0 aromatic carbocycles. The maximum absolute atomic E-state index is 11.0. The van der Waals surface area contributed by atoms with E-state index in [1.54, 1.807) is 6.20 Å². The summed E-state index contributed by atoms with van der Waals surface area (Å²) in [5.74, 6) is 2.84. The third kappa shape index (κ3) is 3.61. The third-order valence-electron chi connectivity index (χ3n) is 6.72. The van der Waals surface area contributed by atoms with Gasteiger partial charge in [0.05, 0.1) is 0 Å². The van der Waals surface area contributed by atoms with Crippen molar-refractivity contribution in [2.75, 3.05) is 36.4 Å². The molecule has 0 radical (unpaired) electrons. The van der Waals surface area contributed by atoms with Crippen molar-refractivity contribution in [3.8, 4) is 0 Å². The van der Waals surface area contributed by atoms with Crippen molar-refractivity contribution < 1.29 is 9.90 Å². The quantitative estimate of drug-likeness (QED) is 0.727. The highest BCUT2D eigenvalue weighted by Crippen LogP contribution is 2.41. The fourth-order valence-corrected chi connectivity index (χ4v) is 4.94. The van der Waals surface area contributed by atoms with Crippen molar-refractivity contribution >= 4 is 23.7 Å². The summed E-state index contributed by atoms with van der Waals surface area (Å²) in [5, 5.41) is 19.9. The number of rotatable bonds is 4. The fraction of sp³-hybridized carbons (Fsp3) is 0.600. The number of nitrogens with zero attached hydrogens (tertiary/aromatic N) is 5. The standard InChI is InChI=1S/C20H27N7O2/c28-19(29)27-12-20(13-27)6-9-26(10-7-20)18-21-8-5-16(23-18)22-17-11-15(24-25-17)14-3-1-2-4-14/h5,8,11,14H,1-4,6-7,9-10,12-13H2,(H,28,29)(H2,21,22,23,24,25). The molecule has 0 unspecified atom stereocenters. The number of H-pyrrole nitrogens is 1. The second kappa shape index (κ2) is 7.20. The second-order valence-electron chi connectivity index (χ2n) is 8.68. The van der Waals surface area contributed by atoms with Gasteiger partial charge in [0.25, 0.3) is 0 Å². The van der Waals surface area contributed by atoms with Gasteiger partial charge in [0.2, 0.25) is 5.95 Å². The molecule has 0 bridgehead atoms. The number of carbonyl (C=O) groups is 1. The van der Waals surface area contributed by atoms with E-state index in [1.165, 1.54) is 36.3 Å². The van der Waals surface area contributed by atoms with E-state index >= 15 is 0 Å². The Morgan fingerprint density at radius 3 is 2.69 bits per heavy atom. The van der Waals surface area contributed by atoms with Crippen molar-refractivity contribution in [1.29, 1.82) is 0 Å². The molecule has 3 N–H and O–H groups in total. The normalized spacial score (nSPS) is 21.4. The van der Waals surface area contributed by atoms with Gasteiger partial charge in [-0.2, -0.15) is 10.1 Å². The van der Waals surface area contributed by atoms with Crippen LogP contribution in [0.2, 0.25) is 0 Å². The summed E-state index contributed by atoms with van der Waals surface area (Å²) in [6, 6.07) is 3.95. The van der Waals surface area contributed by atoms with Crippen LogP contribution in [0, 0.1) is 5.41 Å². The highest BCUT2D eigenvalue weighted by Gasteiger charge is 2.47. The maximum Gasteiger partial charge on any atom is 0.407 e. The lowest BCUT2D eigenvalue weighted by Crippen LogP contribution is -2.61. The van der Waals surface area contributed by atoms with Gasteiger partial charge in [0.15, 0.2) is 5.82 Å². The molecular formula is C20H27N7O2. The molecule has 5 rings (SSSR count). The van der Waals surface area contributed by atoms with Crippen molar-refractivity contribution in [2.24, 2.45) is 5.41 Å². The first-order chi connectivity index (χ1) is 14.1. The van der Waals surface area contributed by atoms with Crippen LogP contribution in [0.1, 0.15) is 50.1 Å². The largest absolute Gasteiger partial charge is 0.465 e. The second-order valence-corrected chi connectivity index (χ2v) is 8.68. The van der Waals surface area contributed by atoms with E-state index in [9.17, 15) is 4.79 Å². The van der Waals surface area contributed by atoms with E-state index in [0.29, 0.717) is 25.0 Å². The number of hydrogen-bond acceptors (Lipinski definition) is 6. The number of aromatic amines is 1. The fourth-order valence-electron chi connectivity index (χ4n) is 4.94. The zero-order valence-electron chi connectivity index (χ0n) is 16.5. The van der Waals surface area contributed by atoms with Gasteiger partial charge in [-0.3, -0.25) is 5.10 Å². The van der Waals surface area contributed by atoms with Gasteiger partial charge >= 0.3 is 6.09 Å². The molecule has 3 fully saturated rings. The van der Waals surface area contributed by atoms with Gasteiger partial charge in [-0.05, 0) is 31.7 Å². The van der Waals surface area contributed by atoms with E-state index in [-0.39, 0.29) is 5.41 Å². The van der Waals surface area contributed by atoms with Gasteiger partial charge in [-0.1, -0.05) is 12.8 Å². The lowest BCUT2D eigenvalue weighted by atomic mass is 9.72. The summed E-state index contributed by atoms with van der Waals surface area (Å²) in [6.45, 7) is 3.01. The summed E-state index contributed by atoms with van der Waals surface area (Å²) in [4.78, 5) is 23.9. The number of carboxylic acid groups (broad SMARTS) is 1. The number of anilines is 3. The molecule has 0 atom stereocenters. The first-order valence-electron chi connectivity index (χ1n) is 10.5. The van der Waals surface area contributed by atoms with E-state index in [1.807, 2.05) is 6.07 Å². The molecule has 1 spiro atoms. The number of hydrogen-bond donors (Lipinski definition) is 3. The van der Waals surface area contributed by atoms with Crippen LogP contribution < -0.4 is 10.2 Å². The molecule has 2 aliphatic heterocycles. The third-order valence-corrected chi connectivity index (χ3v) is 6.72. The minimum Gasteiger partial charge on any atom is -0.465 e. The van der Waals surface area contributed by atoms with E-state index in [4.69, 9.17) is 5.11 Å². The molecule has 9 nitrogen and oxygen atoms in total. The molecule has 29 heavy (non-hydrogen) atoms. The number of aromatic nitrogens is 4. The maximum atomic E-state index is 11.0. The first-order valence-corrected chi connectivity index (χ1v) is 10.5. The zero-order valence-corrected chi connectivity index (χ0v) is 16.5. The SMILES string of the molecule is O=C(O)N1CC2(CCN(c3nccc(Nc4cc(C5CCCC5)[nH]n4)n3)CC2)C1. The Morgan fingerprint density at radius 2 is 1.97 bits per heavy atom. The molecule has 154 valence electrons. The van der Waals surface area contributed by atoms with Crippen LogP contribution in [0.15, 0.2) is 18.3 Å². The van der Waals surface area contributed by atoms with Crippen LogP contribution in [0.4, 0.5) is 22.4 Å². The summed E-state index contributed by atoms with van der Waals surface area (Å²) >= 11 is 0. The van der Waals surface area contributed by atoms with Crippen molar-refractivity contribution in [1.82, 2.24) is 25.1 Å². The Balaban J connectivity index is 1.20. The minimum absolute atomic E-state index is 0.149. The van der Waals surface area contributed by atoms with Gasteiger partial charge in [0.1, 0.15) is 5.82 Å². The number of likely N-dealkylation sites (tertiary alicyclic amines) is 1. The molecule has 2 aromatic rings. The molecule has 2 aromatic heterocycles. The van der Waals surface area contributed by atoms with Gasteiger partial charge in [-0.25, -0.2) is 9.78 Å². The van der Waals surface area contributed by atoms with Crippen LogP contribution in [0.5, 0.6) is 0 Å². The zero-order chi connectivity index (χ0) is 19.8. The summed E-state index contributed by atoms with van der Waals surface area (Å²) < 4.78 is 0. The topological polar surface area (TPSA) is 110 Å². The average molecular weight is 397 g/mol. The molecule has 1 amide bonds. The Labute approximate surface area is 169 Å². The molecule has 3 aliphatic rings. The van der Waals surface area contributed by atoms with Crippen molar-refractivity contribution in [2.45, 2.75) is 44.4 Å². The predicted molar refractivity (Wildman–Crippen MR) is 109 cm³/mol. The highest BCUT2D eigenvalue weighted by molar-refractivity contribution is 5.66. The molecule has 4 heterocycles. The van der Waals surface area contributed by atoms with Crippen LogP contribution in [-0.2, 0) is 0 Å². The number of piperidine rings is 1. The molecule has 1 aliphatic carbocycles. The lowest BCUT2D eigenvalue weighted by Gasteiger charge is -2.52. The summed E-state index contributed by atoms with van der Waals surface area (Å²) in [5.41, 5.74) is 1.35. The summed E-state index contributed by atoms with van der Waals surface area (Å²) in [6.07, 6.45) is 7.98. The first kappa shape index (κ1) is 18.2. The highest BCUT2D eigenvalue weighted by atomic mass is 16.4. The smallest absolute Gasteiger partial charge is 0.407 e.